The predicted molar refractivity (Wildman–Crippen MR) is 90.2 cm³/mol. The molecule has 25 heavy (non-hydrogen) atoms. The molecule has 1 aromatic carbocycles. The van der Waals surface area contributed by atoms with Gasteiger partial charge in [0.2, 0.25) is 0 Å². The number of aryl methyl sites for hydroxylation is 1. The van der Waals surface area contributed by atoms with E-state index in [1.165, 1.54) is 12.1 Å². The van der Waals surface area contributed by atoms with Crippen molar-refractivity contribution in [1.29, 1.82) is 0 Å². The summed E-state index contributed by atoms with van der Waals surface area (Å²) in [4.78, 5) is 6.07. The normalized spacial score (nSPS) is 12.2. The molecule has 2 aromatic rings. The molecule has 0 fully saturated rings. The molecule has 0 aliphatic rings. The molecule has 0 bridgehead atoms. The van der Waals surface area contributed by atoms with Crippen LogP contribution in [0.25, 0.3) is 0 Å². The number of ether oxygens (including phenoxy) is 1. The van der Waals surface area contributed by atoms with Crippen LogP contribution in [-0.4, -0.2) is 35.9 Å². The number of halogens is 3. The van der Waals surface area contributed by atoms with E-state index in [1.807, 2.05) is 41.9 Å². The van der Waals surface area contributed by atoms with Crippen molar-refractivity contribution in [3.63, 3.8) is 0 Å². The molecule has 0 aliphatic carbocycles. The van der Waals surface area contributed by atoms with E-state index in [2.05, 4.69) is 15.0 Å². The Kier molecular flexibility index (Phi) is 5.95. The first-order valence-corrected chi connectivity index (χ1v) is 7.66. The average molecular weight is 354 g/mol. The van der Waals surface area contributed by atoms with Gasteiger partial charge in [0.25, 0.3) is 0 Å². The van der Waals surface area contributed by atoms with Crippen molar-refractivity contribution < 1.29 is 17.9 Å². The molecule has 1 heterocycles. The number of hydrogen-bond donors (Lipinski definition) is 1. The summed E-state index contributed by atoms with van der Waals surface area (Å²) in [5, 5.41) is 3.06. The fourth-order valence-electron chi connectivity index (χ4n) is 2.41. The molecule has 0 atom stereocenters. The summed E-state index contributed by atoms with van der Waals surface area (Å²) in [5.74, 6) is 0.353. The van der Waals surface area contributed by atoms with Crippen molar-refractivity contribution in [2.45, 2.75) is 19.5 Å². The van der Waals surface area contributed by atoms with Gasteiger partial charge in [0.05, 0.1) is 6.54 Å². The number of rotatable bonds is 5. The Morgan fingerprint density at radius 2 is 1.96 bits per heavy atom. The largest absolute Gasteiger partial charge is 0.573 e. The van der Waals surface area contributed by atoms with E-state index in [0.717, 1.165) is 5.69 Å². The SMILES string of the molecule is CN=C(NCc1ccccc1OC(F)(F)F)N(C)Cc1cccn1C. The molecule has 0 spiro atoms. The van der Waals surface area contributed by atoms with Gasteiger partial charge in [-0.3, -0.25) is 4.99 Å². The molecule has 0 aliphatic heterocycles. The third-order valence-electron chi connectivity index (χ3n) is 3.66. The number of benzene rings is 1. The standard InChI is InChI=1S/C17H21F3N4O/c1-21-16(24(3)12-14-8-6-10-23(14)2)22-11-13-7-4-5-9-15(13)25-17(18,19)20/h4-10H,11-12H2,1-3H3,(H,21,22). The monoisotopic (exact) mass is 354 g/mol. The van der Waals surface area contributed by atoms with Crippen molar-refractivity contribution in [3.05, 3.63) is 53.9 Å². The van der Waals surface area contributed by atoms with Crippen molar-refractivity contribution in [2.24, 2.45) is 12.0 Å². The lowest BCUT2D eigenvalue weighted by molar-refractivity contribution is -0.274. The summed E-state index contributed by atoms with van der Waals surface area (Å²) in [5.41, 5.74) is 1.49. The smallest absolute Gasteiger partial charge is 0.405 e. The Balaban J connectivity index is 2.03. The summed E-state index contributed by atoms with van der Waals surface area (Å²) in [7, 11) is 5.44. The topological polar surface area (TPSA) is 41.8 Å². The lowest BCUT2D eigenvalue weighted by atomic mass is 10.2. The van der Waals surface area contributed by atoms with Crippen LogP contribution in [0.3, 0.4) is 0 Å². The second-order valence-corrected chi connectivity index (χ2v) is 5.52. The van der Waals surface area contributed by atoms with Gasteiger partial charge in [-0.2, -0.15) is 0 Å². The minimum Gasteiger partial charge on any atom is -0.405 e. The van der Waals surface area contributed by atoms with Crippen LogP contribution in [0.15, 0.2) is 47.6 Å². The quantitative estimate of drug-likeness (QED) is 0.663. The van der Waals surface area contributed by atoms with Crippen LogP contribution in [0, 0.1) is 0 Å². The molecular formula is C17H21F3N4O. The maximum absolute atomic E-state index is 12.5. The molecule has 0 saturated carbocycles. The fraction of sp³-hybridized carbons (Fsp3) is 0.353. The number of aromatic nitrogens is 1. The molecule has 136 valence electrons. The summed E-state index contributed by atoms with van der Waals surface area (Å²) < 4.78 is 43.5. The number of nitrogens with zero attached hydrogens (tertiary/aromatic N) is 3. The minimum absolute atomic E-state index is 0.163. The molecule has 0 amide bonds. The Morgan fingerprint density at radius 1 is 1.24 bits per heavy atom. The van der Waals surface area contributed by atoms with Crippen LogP contribution in [0.4, 0.5) is 13.2 Å². The van der Waals surface area contributed by atoms with Crippen LogP contribution in [0.2, 0.25) is 0 Å². The number of guanidine groups is 1. The number of para-hydroxylation sites is 1. The van der Waals surface area contributed by atoms with Gasteiger partial charge in [0.1, 0.15) is 5.75 Å². The first-order chi connectivity index (χ1) is 11.8. The van der Waals surface area contributed by atoms with Crippen molar-refractivity contribution in [3.8, 4) is 5.75 Å². The van der Waals surface area contributed by atoms with Gasteiger partial charge in [0.15, 0.2) is 5.96 Å². The molecule has 0 unspecified atom stereocenters. The second-order valence-electron chi connectivity index (χ2n) is 5.52. The summed E-state index contributed by atoms with van der Waals surface area (Å²) in [6.45, 7) is 0.778. The van der Waals surface area contributed by atoms with Crippen molar-refractivity contribution in [2.75, 3.05) is 14.1 Å². The lowest BCUT2D eigenvalue weighted by Crippen LogP contribution is -2.38. The third kappa shape index (κ3) is 5.44. The van der Waals surface area contributed by atoms with E-state index < -0.39 is 6.36 Å². The van der Waals surface area contributed by atoms with Gasteiger partial charge in [-0.15, -0.1) is 13.2 Å². The molecule has 8 heteroatoms. The van der Waals surface area contributed by atoms with E-state index in [4.69, 9.17) is 0 Å². The summed E-state index contributed by atoms with van der Waals surface area (Å²) >= 11 is 0. The van der Waals surface area contributed by atoms with Crippen LogP contribution >= 0.6 is 0 Å². The van der Waals surface area contributed by atoms with E-state index >= 15 is 0 Å². The Morgan fingerprint density at radius 3 is 2.56 bits per heavy atom. The molecule has 1 N–H and O–H groups in total. The van der Waals surface area contributed by atoms with Crippen LogP contribution in [0.1, 0.15) is 11.3 Å². The molecule has 2 rings (SSSR count). The highest BCUT2D eigenvalue weighted by Crippen LogP contribution is 2.26. The zero-order valence-corrected chi connectivity index (χ0v) is 14.3. The maximum atomic E-state index is 12.5. The van der Waals surface area contributed by atoms with E-state index in [9.17, 15) is 13.2 Å². The van der Waals surface area contributed by atoms with Crippen LogP contribution in [-0.2, 0) is 20.1 Å². The summed E-state index contributed by atoms with van der Waals surface area (Å²) in [6, 6.07) is 9.98. The second kappa shape index (κ2) is 7.96. The average Bonchev–Trinajstić information content (AvgIpc) is 2.93. The van der Waals surface area contributed by atoms with Gasteiger partial charge in [-0.1, -0.05) is 18.2 Å². The third-order valence-corrected chi connectivity index (χ3v) is 3.66. The van der Waals surface area contributed by atoms with Crippen molar-refractivity contribution in [1.82, 2.24) is 14.8 Å². The first-order valence-electron chi connectivity index (χ1n) is 7.66. The van der Waals surface area contributed by atoms with Gasteiger partial charge >= 0.3 is 6.36 Å². The highest BCUT2D eigenvalue weighted by Gasteiger charge is 2.31. The van der Waals surface area contributed by atoms with Gasteiger partial charge in [-0.05, 0) is 18.2 Å². The zero-order chi connectivity index (χ0) is 18.4. The fourth-order valence-corrected chi connectivity index (χ4v) is 2.41. The lowest BCUT2D eigenvalue weighted by Gasteiger charge is -2.23. The highest BCUT2D eigenvalue weighted by molar-refractivity contribution is 5.79. The van der Waals surface area contributed by atoms with Gasteiger partial charge in [0, 0.05) is 45.1 Å². The zero-order valence-electron chi connectivity index (χ0n) is 14.3. The van der Waals surface area contributed by atoms with Gasteiger partial charge in [-0.25, -0.2) is 0 Å². The number of aliphatic imine (C=N–C) groups is 1. The van der Waals surface area contributed by atoms with Crippen LogP contribution < -0.4 is 10.1 Å². The van der Waals surface area contributed by atoms with E-state index in [0.29, 0.717) is 18.1 Å². The highest BCUT2D eigenvalue weighted by atomic mass is 19.4. The summed E-state index contributed by atoms with van der Waals surface area (Å²) in [6.07, 6.45) is -2.77. The number of nitrogens with one attached hydrogen (secondary N) is 1. The predicted octanol–water partition coefficient (Wildman–Crippen LogP) is 3.13. The molecule has 0 saturated heterocycles. The van der Waals surface area contributed by atoms with Crippen LogP contribution in [0.5, 0.6) is 5.75 Å². The van der Waals surface area contributed by atoms with E-state index in [1.54, 1.807) is 19.2 Å². The Hall–Kier alpha value is -2.64. The Bertz CT molecular complexity index is 725. The first kappa shape index (κ1) is 18.7. The molecule has 5 nitrogen and oxygen atoms in total. The minimum atomic E-state index is -4.72. The molecular weight excluding hydrogens is 333 g/mol. The Labute approximate surface area is 144 Å². The van der Waals surface area contributed by atoms with Crippen molar-refractivity contribution >= 4 is 5.96 Å². The number of alkyl halides is 3. The van der Waals surface area contributed by atoms with E-state index in [-0.39, 0.29) is 12.3 Å². The molecule has 0 radical (unpaired) electrons. The molecule has 1 aromatic heterocycles. The maximum Gasteiger partial charge on any atom is 0.573 e. The number of hydrogen-bond acceptors (Lipinski definition) is 2. The van der Waals surface area contributed by atoms with Gasteiger partial charge < -0.3 is 19.5 Å².